The predicted molar refractivity (Wildman–Crippen MR) is 126 cm³/mol. The van der Waals surface area contributed by atoms with Crippen LogP contribution in [0.4, 0.5) is 0 Å². The van der Waals surface area contributed by atoms with Crippen LogP contribution < -0.4 is 0 Å². The number of ketones is 1. The number of fused-ring (bicyclic) bond motifs is 4. The largest absolute Gasteiger partial charge is 0.465 e. The van der Waals surface area contributed by atoms with Gasteiger partial charge in [0, 0.05) is 24.7 Å². The quantitative estimate of drug-likeness (QED) is 0.525. The van der Waals surface area contributed by atoms with Gasteiger partial charge in [-0.15, -0.1) is 0 Å². The molecule has 1 fully saturated rings. The van der Waals surface area contributed by atoms with E-state index in [1.165, 1.54) is 18.1 Å². The minimum absolute atomic E-state index is 0.0118. The zero-order valence-electron chi connectivity index (χ0n) is 21.0. The molecule has 0 radical (unpaired) electrons. The lowest BCUT2D eigenvalue weighted by molar-refractivity contribution is -0.162. The van der Waals surface area contributed by atoms with E-state index in [1.54, 1.807) is 6.08 Å². The molecule has 5 nitrogen and oxygen atoms in total. The molecule has 1 saturated carbocycles. The highest BCUT2D eigenvalue weighted by atomic mass is 16.5. The molecule has 4 aliphatic carbocycles. The van der Waals surface area contributed by atoms with Crippen molar-refractivity contribution in [1.82, 2.24) is 0 Å². The highest BCUT2D eigenvalue weighted by Gasteiger charge is 2.55. The summed E-state index contributed by atoms with van der Waals surface area (Å²) >= 11 is 0. The van der Waals surface area contributed by atoms with E-state index in [-0.39, 0.29) is 46.5 Å². The van der Waals surface area contributed by atoms with Crippen LogP contribution in [0, 0.1) is 28.1 Å². The summed E-state index contributed by atoms with van der Waals surface area (Å²) in [5.74, 6) is 0.263. The summed E-state index contributed by atoms with van der Waals surface area (Å²) in [4.78, 5) is 36.5. The molecule has 0 N–H and O–H groups in total. The topological polar surface area (TPSA) is 69.7 Å². The maximum atomic E-state index is 12.6. The monoisotopic (exact) mass is 454 g/mol. The van der Waals surface area contributed by atoms with E-state index in [9.17, 15) is 14.4 Å². The molecule has 0 heterocycles. The summed E-state index contributed by atoms with van der Waals surface area (Å²) in [6.45, 7) is 11.9. The van der Waals surface area contributed by atoms with Gasteiger partial charge in [-0.3, -0.25) is 14.4 Å². The van der Waals surface area contributed by atoms with Crippen LogP contribution in [0.2, 0.25) is 0 Å². The molecule has 0 aromatic heterocycles. The summed E-state index contributed by atoms with van der Waals surface area (Å²) in [5.41, 5.74) is 3.00. The Morgan fingerprint density at radius 2 is 1.88 bits per heavy atom. The molecule has 0 aromatic rings. The summed E-state index contributed by atoms with van der Waals surface area (Å²) in [5, 5.41) is 0. The van der Waals surface area contributed by atoms with Crippen molar-refractivity contribution < 1.29 is 23.9 Å². The number of carbonyl (C=O) groups is 3. The van der Waals surface area contributed by atoms with Crippen LogP contribution in [0.15, 0.2) is 34.9 Å². The third-order valence-corrected chi connectivity index (χ3v) is 8.71. The molecule has 5 atom stereocenters. The maximum absolute atomic E-state index is 12.6. The van der Waals surface area contributed by atoms with Gasteiger partial charge in [-0.05, 0) is 88.4 Å². The van der Waals surface area contributed by atoms with Gasteiger partial charge in [0.15, 0.2) is 5.78 Å². The van der Waals surface area contributed by atoms with Crippen LogP contribution in [0.1, 0.15) is 80.1 Å². The van der Waals surface area contributed by atoms with Crippen LogP contribution in [0.25, 0.3) is 0 Å². The Bertz CT molecular complexity index is 961. The van der Waals surface area contributed by atoms with E-state index < -0.39 is 5.41 Å². The molecule has 1 unspecified atom stereocenters. The lowest BCUT2D eigenvalue weighted by Gasteiger charge is -2.51. The number of rotatable bonds is 4. The Morgan fingerprint density at radius 3 is 2.55 bits per heavy atom. The molecule has 0 spiro atoms. The van der Waals surface area contributed by atoms with Gasteiger partial charge in [0.1, 0.15) is 12.7 Å². The SMILES string of the molecule is CC(=O)OC[C@]12CCC(=O)C=C1C=CC1=C3CC[C@H](C(C)OC(=O)C(C)(C)C)[C@@]3(C)CC[C@@H]12. The van der Waals surface area contributed by atoms with Crippen molar-refractivity contribution in [2.75, 3.05) is 6.61 Å². The summed E-state index contributed by atoms with van der Waals surface area (Å²) in [6.07, 6.45) is 11.1. The van der Waals surface area contributed by atoms with Gasteiger partial charge in [-0.1, -0.05) is 24.6 Å². The number of carbonyl (C=O) groups excluding carboxylic acids is 3. The van der Waals surface area contributed by atoms with Crippen LogP contribution in [-0.4, -0.2) is 30.4 Å². The highest BCUT2D eigenvalue weighted by molar-refractivity contribution is 5.92. The van der Waals surface area contributed by atoms with E-state index in [2.05, 4.69) is 19.1 Å². The first kappa shape index (κ1) is 24.0. The molecule has 5 heteroatoms. The maximum Gasteiger partial charge on any atom is 0.311 e. The van der Waals surface area contributed by atoms with Gasteiger partial charge in [0.05, 0.1) is 5.41 Å². The Hall–Kier alpha value is -2.17. The molecule has 180 valence electrons. The highest BCUT2D eigenvalue weighted by Crippen LogP contribution is 2.63. The van der Waals surface area contributed by atoms with Crippen LogP contribution >= 0.6 is 0 Å². The van der Waals surface area contributed by atoms with Crippen molar-refractivity contribution in [3.8, 4) is 0 Å². The van der Waals surface area contributed by atoms with E-state index in [0.29, 0.717) is 13.0 Å². The second kappa shape index (κ2) is 8.25. The second-order valence-electron chi connectivity index (χ2n) is 11.8. The first-order valence-electron chi connectivity index (χ1n) is 12.4. The molecular weight excluding hydrogens is 416 g/mol. The van der Waals surface area contributed by atoms with Gasteiger partial charge in [0.2, 0.25) is 0 Å². The normalized spacial score (nSPS) is 34.1. The summed E-state index contributed by atoms with van der Waals surface area (Å²) in [7, 11) is 0. The van der Waals surface area contributed by atoms with Crippen molar-refractivity contribution >= 4 is 17.7 Å². The Labute approximate surface area is 197 Å². The van der Waals surface area contributed by atoms with Gasteiger partial charge in [-0.2, -0.15) is 0 Å². The molecule has 0 aliphatic heterocycles. The molecule has 4 aliphatic rings. The van der Waals surface area contributed by atoms with Crippen LogP contribution in [-0.2, 0) is 23.9 Å². The molecule has 33 heavy (non-hydrogen) atoms. The molecule has 0 bridgehead atoms. The van der Waals surface area contributed by atoms with Crippen molar-refractivity contribution in [3.63, 3.8) is 0 Å². The molecular formula is C28H38O5. The van der Waals surface area contributed by atoms with Crippen molar-refractivity contribution in [2.45, 2.75) is 86.2 Å². The number of esters is 2. The van der Waals surface area contributed by atoms with Crippen LogP contribution in [0.5, 0.6) is 0 Å². The zero-order valence-corrected chi connectivity index (χ0v) is 21.0. The Balaban J connectivity index is 1.69. The van der Waals surface area contributed by atoms with Crippen molar-refractivity contribution in [3.05, 3.63) is 34.9 Å². The van der Waals surface area contributed by atoms with E-state index in [1.807, 2.05) is 27.7 Å². The molecule has 0 saturated heterocycles. The minimum atomic E-state index is -0.511. The smallest absolute Gasteiger partial charge is 0.311 e. The average Bonchev–Trinajstić information content (AvgIpc) is 3.09. The number of hydrogen-bond donors (Lipinski definition) is 0. The lowest BCUT2D eigenvalue weighted by atomic mass is 9.53. The average molecular weight is 455 g/mol. The summed E-state index contributed by atoms with van der Waals surface area (Å²) in [6, 6.07) is 0. The fourth-order valence-corrected chi connectivity index (χ4v) is 6.85. The summed E-state index contributed by atoms with van der Waals surface area (Å²) < 4.78 is 11.5. The predicted octanol–water partition coefficient (Wildman–Crippen LogP) is 5.50. The van der Waals surface area contributed by atoms with E-state index >= 15 is 0 Å². The fourth-order valence-electron chi connectivity index (χ4n) is 6.85. The first-order chi connectivity index (χ1) is 15.4. The lowest BCUT2D eigenvalue weighted by Crippen LogP contribution is -2.46. The van der Waals surface area contributed by atoms with E-state index in [4.69, 9.17) is 9.47 Å². The zero-order chi connectivity index (χ0) is 24.2. The molecule has 0 amide bonds. The first-order valence-corrected chi connectivity index (χ1v) is 12.4. The van der Waals surface area contributed by atoms with Crippen molar-refractivity contribution in [2.24, 2.45) is 28.1 Å². The van der Waals surface area contributed by atoms with Crippen LogP contribution in [0.3, 0.4) is 0 Å². The molecule has 0 aromatic carbocycles. The third kappa shape index (κ3) is 4.02. The number of ether oxygens (including phenoxy) is 2. The molecule has 4 rings (SSSR count). The van der Waals surface area contributed by atoms with Gasteiger partial charge in [-0.25, -0.2) is 0 Å². The third-order valence-electron chi connectivity index (χ3n) is 8.71. The second-order valence-corrected chi connectivity index (χ2v) is 11.8. The standard InChI is InChI=1S/C28H38O5/c1-17(33-25(31)26(3,4)5)22-9-10-23-21-8-7-19-15-20(30)11-14-28(19,16-32-18(2)29)24(21)12-13-27(22,23)6/h7-8,15,17,22,24H,9-14,16H2,1-6H3/t17?,22-,24+,27-,28-/m1/s1. The van der Waals surface area contributed by atoms with Gasteiger partial charge in [0.25, 0.3) is 0 Å². The minimum Gasteiger partial charge on any atom is -0.465 e. The Kier molecular flexibility index (Phi) is 5.99. The van der Waals surface area contributed by atoms with Gasteiger partial charge >= 0.3 is 11.9 Å². The number of allylic oxidation sites excluding steroid dienone is 5. The Morgan fingerprint density at radius 1 is 1.15 bits per heavy atom. The fraction of sp³-hybridized carbons (Fsp3) is 0.679. The number of hydrogen-bond acceptors (Lipinski definition) is 5. The van der Waals surface area contributed by atoms with Gasteiger partial charge < -0.3 is 9.47 Å². The van der Waals surface area contributed by atoms with Crippen molar-refractivity contribution in [1.29, 1.82) is 0 Å². The van der Waals surface area contributed by atoms with E-state index in [0.717, 1.165) is 37.7 Å².